The van der Waals surface area contributed by atoms with Crippen LogP contribution >= 0.6 is 0 Å². The predicted octanol–water partition coefficient (Wildman–Crippen LogP) is 4.77. The molecule has 5 nitrogen and oxygen atoms in total. The Labute approximate surface area is 153 Å². The molecule has 3 aromatic rings. The molecular formula is C21H22N4O. The van der Waals surface area contributed by atoms with Gasteiger partial charge in [0.05, 0.1) is 12.4 Å². The molecular weight excluding hydrogens is 324 g/mol. The van der Waals surface area contributed by atoms with Crippen LogP contribution in [0.15, 0.2) is 67.0 Å². The van der Waals surface area contributed by atoms with Gasteiger partial charge in [0, 0.05) is 11.4 Å². The van der Waals surface area contributed by atoms with Gasteiger partial charge in [-0.05, 0) is 35.2 Å². The number of benzene rings is 2. The zero-order valence-corrected chi connectivity index (χ0v) is 15.2. The van der Waals surface area contributed by atoms with Gasteiger partial charge < -0.3 is 10.6 Å². The Morgan fingerprint density at radius 1 is 0.846 bits per heavy atom. The molecule has 2 N–H and O–H groups in total. The van der Waals surface area contributed by atoms with E-state index in [4.69, 9.17) is 0 Å². The van der Waals surface area contributed by atoms with Gasteiger partial charge in [-0.3, -0.25) is 4.79 Å². The third-order valence-corrected chi connectivity index (χ3v) is 3.94. The van der Waals surface area contributed by atoms with Gasteiger partial charge >= 0.3 is 0 Å². The first-order chi connectivity index (χ1) is 12.4. The minimum atomic E-state index is -0.285. The zero-order chi connectivity index (χ0) is 18.6. The molecule has 0 saturated carbocycles. The van der Waals surface area contributed by atoms with E-state index in [0.29, 0.717) is 5.82 Å². The van der Waals surface area contributed by atoms with Gasteiger partial charge in [0.1, 0.15) is 11.5 Å². The lowest BCUT2D eigenvalue weighted by Gasteiger charge is -2.19. The van der Waals surface area contributed by atoms with Gasteiger partial charge in [-0.2, -0.15) is 0 Å². The molecule has 2 aromatic carbocycles. The summed E-state index contributed by atoms with van der Waals surface area (Å²) >= 11 is 0. The van der Waals surface area contributed by atoms with Crippen molar-refractivity contribution in [3.05, 3.63) is 78.2 Å². The topological polar surface area (TPSA) is 66.9 Å². The molecule has 0 spiro atoms. The minimum absolute atomic E-state index is 0.0790. The van der Waals surface area contributed by atoms with Gasteiger partial charge in [0.25, 0.3) is 5.91 Å². The van der Waals surface area contributed by atoms with Crippen LogP contribution in [0.25, 0.3) is 0 Å². The van der Waals surface area contributed by atoms with E-state index in [9.17, 15) is 4.79 Å². The number of aromatic nitrogens is 2. The average Bonchev–Trinajstić information content (AvgIpc) is 2.63. The van der Waals surface area contributed by atoms with E-state index in [-0.39, 0.29) is 17.0 Å². The quantitative estimate of drug-likeness (QED) is 0.714. The molecule has 1 heterocycles. The highest BCUT2D eigenvalue weighted by Gasteiger charge is 2.14. The molecule has 132 valence electrons. The van der Waals surface area contributed by atoms with E-state index in [1.807, 2.05) is 54.6 Å². The summed E-state index contributed by atoms with van der Waals surface area (Å²) in [6.45, 7) is 6.46. The van der Waals surface area contributed by atoms with Crippen LogP contribution < -0.4 is 10.6 Å². The van der Waals surface area contributed by atoms with Gasteiger partial charge in [-0.25, -0.2) is 9.97 Å². The minimum Gasteiger partial charge on any atom is -0.339 e. The number of nitrogens with zero attached hydrogens (tertiary/aromatic N) is 2. The van der Waals surface area contributed by atoms with Crippen LogP contribution in [0, 0.1) is 0 Å². The molecule has 1 aromatic heterocycles. The van der Waals surface area contributed by atoms with Gasteiger partial charge in [-0.15, -0.1) is 0 Å². The highest BCUT2D eigenvalue weighted by atomic mass is 16.1. The highest BCUT2D eigenvalue weighted by molar-refractivity contribution is 6.02. The van der Waals surface area contributed by atoms with Crippen LogP contribution in [-0.4, -0.2) is 15.9 Å². The molecule has 0 bridgehead atoms. The van der Waals surface area contributed by atoms with Crippen molar-refractivity contribution in [2.24, 2.45) is 0 Å². The number of carbonyl (C=O) groups excluding carboxylic acids is 1. The van der Waals surface area contributed by atoms with Crippen LogP contribution in [0.3, 0.4) is 0 Å². The van der Waals surface area contributed by atoms with E-state index in [2.05, 4.69) is 41.4 Å². The number of hydrogen-bond donors (Lipinski definition) is 2. The van der Waals surface area contributed by atoms with Crippen LogP contribution in [0.2, 0.25) is 0 Å². The lowest BCUT2D eigenvalue weighted by molar-refractivity contribution is 0.102. The molecule has 0 atom stereocenters. The first-order valence-electron chi connectivity index (χ1n) is 8.48. The average molecular weight is 346 g/mol. The molecule has 26 heavy (non-hydrogen) atoms. The number of carbonyl (C=O) groups is 1. The van der Waals surface area contributed by atoms with E-state index >= 15 is 0 Å². The molecule has 0 aliphatic heterocycles. The zero-order valence-electron chi connectivity index (χ0n) is 15.2. The largest absolute Gasteiger partial charge is 0.339 e. The van der Waals surface area contributed by atoms with Crippen LogP contribution in [0.1, 0.15) is 36.8 Å². The van der Waals surface area contributed by atoms with Crippen molar-refractivity contribution in [1.82, 2.24) is 9.97 Å². The fourth-order valence-electron chi connectivity index (χ4n) is 2.43. The summed E-state index contributed by atoms with van der Waals surface area (Å²) in [5.74, 6) is 0.301. The molecule has 0 aliphatic carbocycles. The van der Waals surface area contributed by atoms with Crippen LogP contribution in [0.4, 0.5) is 17.2 Å². The van der Waals surface area contributed by atoms with Crippen molar-refractivity contribution in [3.63, 3.8) is 0 Å². The molecule has 0 fully saturated rings. The summed E-state index contributed by atoms with van der Waals surface area (Å²) in [5.41, 5.74) is 3.21. The maximum atomic E-state index is 12.3. The Morgan fingerprint density at radius 3 is 2.12 bits per heavy atom. The molecule has 0 unspecified atom stereocenters. The summed E-state index contributed by atoms with van der Waals surface area (Å²) in [4.78, 5) is 20.8. The van der Waals surface area contributed by atoms with Crippen molar-refractivity contribution in [1.29, 1.82) is 0 Å². The number of hydrogen-bond acceptors (Lipinski definition) is 4. The summed E-state index contributed by atoms with van der Waals surface area (Å²) < 4.78 is 0. The van der Waals surface area contributed by atoms with Crippen LogP contribution in [0.5, 0.6) is 0 Å². The number of para-hydroxylation sites is 1. The Balaban J connectivity index is 1.64. The van der Waals surface area contributed by atoms with Crippen molar-refractivity contribution in [2.75, 3.05) is 10.6 Å². The molecule has 1 amide bonds. The van der Waals surface area contributed by atoms with Gasteiger partial charge in [0.15, 0.2) is 0 Å². The van der Waals surface area contributed by atoms with Crippen molar-refractivity contribution < 1.29 is 4.79 Å². The monoisotopic (exact) mass is 346 g/mol. The summed E-state index contributed by atoms with van der Waals surface area (Å²) in [6, 6.07) is 17.5. The normalized spacial score (nSPS) is 11.0. The first kappa shape index (κ1) is 17.6. The van der Waals surface area contributed by atoms with E-state index in [1.165, 1.54) is 11.8 Å². The van der Waals surface area contributed by atoms with Gasteiger partial charge in [-0.1, -0.05) is 51.1 Å². The Morgan fingerprint density at radius 2 is 1.54 bits per heavy atom. The number of nitrogens with one attached hydrogen (secondary N) is 2. The van der Waals surface area contributed by atoms with Crippen LogP contribution in [-0.2, 0) is 5.41 Å². The van der Waals surface area contributed by atoms with Crippen molar-refractivity contribution in [2.45, 2.75) is 26.2 Å². The molecule has 0 radical (unpaired) electrons. The second-order valence-corrected chi connectivity index (χ2v) is 7.06. The fourth-order valence-corrected chi connectivity index (χ4v) is 2.43. The Hall–Kier alpha value is -3.21. The lowest BCUT2D eigenvalue weighted by atomic mass is 9.87. The lowest BCUT2D eigenvalue weighted by Crippen LogP contribution is -2.15. The second kappa shape index (κ2) is 7.35. The van der Waals surface area contributed by atoms with E-state index in [1.54, 1.807) is 6.20 Å². The Kier molecular flexibility index (Phi) is 4.98. The van der Waals surface area contributed by atoms with E-state index in [0.717, 1.165) is 11.4 Å². The van der Waals surface area contributed by atoms with Crippen molar-refractivity contribution in [3.8, 4) is 0 Å². The number of amides is 1. The smallest absolute Gasteiger partial charge is 0.275 e. The van der Waals surface area contributed by atoms with E-state index < -0.39 is 0 Å². The standard InChI is InChI=1S/C21H22N4O/c1-21(2,3)15-9-11-17(12-10-15)25-20(26)18-13-23-19(14-22-18)24-16-7-5-4-6-8-16/h4-14H,1-3H3,(H,23,24)(H,25,26). The summed E-state index contributed by atoms with van der Waals surface area (Å²) in [6.07, 6.45) is 3.01. The summed E-state index contributed by atoms with van der Waals surface area (Å²) in [7, 11) is 0. The fraction of sp³-hybridized carbons (Fsp3) is 0.190. The first-order valence-corrected chi connectivity index (χ1v) is 8.48. The van der Waals surface area contributed by atoms with Gasteiger partial charge in [0.2, 0.25) is 0 Å². The molecule has 5 heteroatoms. The summed E-state index contributed by atoms with van der Waals surface area (Å²) in [5, 5.41) is 5.98. The molecule has 0 aliphatic rings. The maximum absolute atomic E-state index is 12.3. The highest BCUT2D eigenvalue weighted by Crippen LogP contribution is 2.23. The number of rotatable bonds is 4. The maximum Gasteiger partial charge on any atom is 0.275 e. The molecule has 0 saturated heterocycles. The second-order valence-electron chi connectivity index (χ2n) is 7.06. The predicted molar refractivity (Wildman–Crippen MR) is 105 cm³/mol. The Bertz CT molecular complexity index is 867. The third-order valence-electron chi connectivity index (χ3n) is 3.94. The van der Waals surface area contributed by atoms with Crippen molar-refractivity contribution >= 4 is 23.1 Å². The molecule has 3 rings (SSSR count). The number of anilines is 3. The SMILES string of the molecule is CC(C)(C)c1ccc(NC(=O)c2cnc(Nc3ccccc3)cn2)cc1. The third kappa shape index (κ3) is 4.45.